The van der Waals surface area contributed by atoms with E-state index in [1.165, 1.54) is 6.26 Å². The summed E-state index contributed by atoms with van der Waals surface area (Å²) in [5.41, 5.74) is 2.70. The number of hydrogen-bond donors (Lipinski definition) is 0. The van der Waals surface area contributed by atoms with Crippen LogP contribution in [0.3, 0.4) is 0 Å². The molecule has 25 heavy (non-hydrogen) atoms. The van der Waals surface area contributed by atoms with Crippen LogP contribution in [0, 0.1) is 5.92 Å². The van der Waals surface area contributed by atoms with Crippen molar-refractivity contribution >= 4 is 10.0 Å². The van der Waals surface area contributed by atoms with Gasteiger partial charge in [0.05, 0.1) is 17.6 Å². The predicted molar refractivity (Wildman–Crippen MR) is 96.5 cm³/mol. The standard InChI is InChI=1S/C17H25N5O2S/c1-13(2)22-16(6-7-20-22)17-15(18-8-9-19-17)11-14-5-4-10-21(12-14)25(3,23)24/h6-9,13-14H,4-5,10-12H2,1-3H3/t14-/m0/s1. The molecule has 2 aromatic rings. The lowest BCUT2D eigenvalue weighted by Gasteiger charge is -2.31. The van der Waals surface area contributed by atoms with Crippen molar-refractivity contribution in [1.29, 1.82) is 0 Å². The lowest BCUT2D eigenvalue weighted by atomic mass is 9.93. The molecule has 0 aliphatic carbocycles. The van der Waals surface area contributed by atoms with Crippen molar-refractivity contribution in [3.63, 3.8) is 0 Å². The first-order chi connectivity index (χ1) is 11.9. The van der Waals surface area contributed by atoms with Gasteiger partial charge in [0, 0.05) is 37.7 Å². The third-order valence-electron chi connectivity index (χ3n) is 4.61. The molecule has 3 heterocycles. The molecule has 0 radical (unpaired) electrons. The van der Waals surface area contributed by atoms with Gasteiger partial charge in [-0.1, -0.05) is 0 Å². The van der Waals surface area contributed by atoms with Crippen molar-refractivity contribution in [2.45, 2.75) is 39.2 Å². The molecule has 1 fully saturated rings. The molecular formula is C17H25N5O2S. The quantitative estimate of drug-likeness (QED) is 0.813. The highest BCUT2D eigenvalue weighted by Crippen LogP contribution is 2.27. The zero-order chi connectivity index (χ0) is 18.0. The van der Waals surface area contributed by atoms with Gasteiger partial charge in [-0.3, -0.25) is 14.6 Å². The lowest BCUT2D eigenvalue weighted by Crippen LogP contribution is -2.40. The topological polar surface area (TPSA) is 81.0 Å². The molecule has 0 unspecified atom stereocenters. The summed E-state index contributed by atoms with van der Waals surface area (Å²) in [6.07, 6.45) is 9.07. The van der Waals surface area contributed by atoms with Crippen molar-refractivity contribution in [3.05, 3.63) is 30.4 Å². The maximum absolute atomic E-state index is 11.8. The van der Waals surface area contributed by atoms with Crippen LogP contribution in [-0.2, 0) is 16.4 Å². The van der Waals surface area contributed by atoms with E-state index in [9.17, 15) is 8.42 Å². The van der Waals surface area contributed by atoms with Crippen LogP contribution in [0.15, 0.2) is 24.7 Å². The minimum Gasteiger partial charge on any atom is -0.261 e. The second kappa shape index (κ2) is 7.21. The molecule has 0 amide bonds. The number of piperidine rings is 1. The van der Waals surface area contributed by atoms with Crippen LogP contribution >= 0.6 is 0 Å². The average Bonchev–Trinajstić information content (AvgIpc) is 3.04. The van der Waals surface area contributed by atoms with E-state index in [1.807, 2.05) is 10.7 Å². The number of nitrogens with zero attached hydrogens (tertiary/aromatic N) is 5. The molecule has 1 aliphatic rings. The first-order valence-electron chi connectivity index (χ1n) is 8.65. The summed E-state index contributed by atoms with van der Waals surface area (Å²) in [7, 11) is -3.14. The third kappa shape index (κ3) is 4.07. The van der Waals surface area contributed by atoms with Gasteiger partial charge in [-0.15, -0.1) is 0 Å². The van der Waals surface area contributed by atoms with Crippen LogP contribution in [0.4, 0.5) is 0 Å². The summed E-state index contributed by atoms with van der Waals surface area (Å²) in [6, 6.07) is 2.19. The van der Waals surface area contributed by atoms with Gasteiger partial charge in [0.2, 0.25) is 10.0 Å². The van der Waals surface area contributed by atoms with Crippen LogP contribution < -0.4 is 0 Å². The van der Waals surface area contributed by atoms with Crippen molar-refractivity contribution in [2.24, 2.45) is 5.92 Å². The zero-order valence-electron chi connectivity index (χ0n) is 15.0. The van der Waals surface area contributed by atoms with Gasteiger partial charge in [0.1, 0.15) is 5.69 Å². The molecule has 1 aliphatic heterocycles. The minimum atomic E-state index is -3.14. The lowest BCUT2D eigenvalue weighted by molar-refractivity contribution is 0.265. The molecule has 7 nitrogen and oxygen atoms in total. The Labute approximate surface area is 149 Å². The van der Waals surface area contributed by atoms with E-state index in [0.717, 1.165) is 36.3 Å². The normalized spacial score (nSPS) is 19.4. The Kier molecular flexibility index (Phi) is 5.19. The molecule has 0 aromatic carbocycles. The average molecular weight is 363 g/mol. The van der Waals surface area contributed by atoms with E-state index >= 15 is 0 Å². The van der Waals surface area contributed by atoms with E-state index in [4.69, 9.17) is 0 Å². The number of rotatable bonds is 5. The number of hydrogen-bond acceptors (Lipinski definition) is 5. The van der Waals surface area contributed by atoms with Gasteiger partial charge >= 0.3 is 0 Å². The fraction of sp³-hybridized carbons (Fsp3) is 0.588. The summed E-state index contributed by atoms with van der Waals surface area (Å²) in [5.74, 6) is 0.259. The van der Waals surface area contributed by atoms with E-state index in [-0.39, 0.29) is 12.0 Å². The van der Waals surface area contributed by atoms with Crippen molar-refractivity contribution in [3.8, 4) is 11.4 Å². The molecule has 8 heteroatoms. The van der Waals surface area contributed by atoms with Crippen LogP contribution in [0.5, 0.6) is 0 Å². The molecule has 0 N–H and O–H groups in total. The summed E-state index contributed by atoms with van der Waals surface area (Å²) >= 11 is 0. The highest BCUT2D eigenvalue weighted by atomic mass is 32.2. The summed E-state index contributed by atoms with van der Waals surface area (Å²) in [5, 5.41) is 4.39. The number of sulfonamides is 1. The highest BCUT2D eigenvalue weighted by molar-refractivity contribution is 7.88. The fourth-order valence-electron chi connectivity index (χ4n) is 3.41. The Bertz CT molecular complexity index is 831. The first kappa shape index (κ1) is 18.0. The maximum atomic E-state index is 11.8. The smallest absolute Gasteiger partial charge is 0.211 e. The molecule has 136 valence electrons. The Morgan fingerprint density at radius 1 is 1.24 bits per heavy atom. The molecule has 2 aromatic heterocycles. The highest BCUT2D eigenvalue weighted by Gasteiger charge is 2.27. The fourth-order valence-corrected chi connectivity index (χ4v) is 4.35. The van der Waals surface area contributed by atoms with Gasteiger partial charge in [-0.25, -0.2) is 12.7 Å². The van der Waals surface area contributed by atoms with E-state index < -0.39 is 10.0 Å². The SMILES string of the molecule is CC(C)n1nccc1-c1nccnc1C[C@@H]1CCCN(S(C)(=O)=O)C1. The molecular weight excluding hydrogens is 338 g/mol. The van der Waals surface area contributed by atoms with E-state index in [1.54, 1.807) is 22.9 Å². The van der Waals surface area contributed by atoms with Crippen LogP contribution in [-0.4, -0.2) is 51.8 Å². The molecule has 0 bridgehead atoms. The number of aromatic nitrogens is 4. The van der Waals surface area contributed by atoms with Crippen molar-refractivity contribution in [1.82, 2.24) is 24.1 Å². The molecule has 0 saturated carbocycles. The maximum Gasteiger partial charge on any atom is 0.211 e. The van der Waals surface area contributed by atoms with Crippen LogP contribution in [0.1, 0.15) is 38.4 Å². The zero-order valence-corrected chi connectivity index (χ0v) is 15.8. The Morgan fingerprint density at radius 3 is 2.72 bits per heavy atom. The first-order valence-corrected chi connectivity index (χ1v) is 10.5. The van der Waals surface area contributed by atoms with Gasteiger partial charge < -0.3 is 0 Å². The van der Waals surface area contributed by atoms with E-state index in [0.29, 0.717) is 13.1 Å². The van der Waals surface area contributed by atoms with Crippen LogP contribution in [0.2, 0.25) is 0 Å². The molecule has 0 spiro atoms. The Hall–Kier alpha value is -1.80. The van der Waals surface area contributed by atoms with Crippen molar-refractivity contribution < 1.29 is 8.42 Å². The Balaban J connectivity index is 1.86. The molecule has 3 rings (SSSR count). The van der Waals surface area contributed by atoms with Gasteiger partial charge in [-0.05, 0) is 45.1 Å². The van der Waals surface area contributed by atoms with Gasteiger partial charge in [-0.2, -0.15) is 5.10 Å². The molecule has 1 saturated heterocycles. The monoisotopic (exact) mass is 363 g/mol. The Morgan fingerprint density at radius 2 is 2.00 bits per heavy atom. The molecule has 1 atom stereocenters. The van der Waals surface area contributed by atoms with Gasteiger partial charge in [0.25, 0.3) is 0 Å². The third-order valence-corrected chi connectivity index (χ3v) is 5.88. The predicted octanol–water partition coefficient (Wildman–Crippen LogP) is 2.14. The summed E-state index contributed by atoms with van der Waals surface area (Å²) in [4.78, 5) is 9.09. The summed E-state index contributed by atoms with van der Waals surface area (Å²) in [6.45, 7) is 5.33. The van der Waals surface area contributed by atoms with E-state index in [2.05, 4.69) is 28.9 Å². The largest absolute Gasteiger partial charge is 0.261 e. The van der Waals surface area contributed by atoms with Crippen LogP contribution in [0.25, 0.3) is 11.4 Å². The second-order valence-electron chi connectivity index (χ2n) is 6.94. The van der Waals surface area contributed by atoms with Crippen molar-refractivity contribution in [2.75, 3.05) is 19.3 Å². The second-order valence-corrected chi connectivity index (χ2v) is 8.92. The van der Waals surface area contributed by atoms with Gasteiger partial charge in [0.15, 0.2) is 0 Å². The minimum absolute atomic E-state index is 0.232. The summed E-state index contributed by atoms with van der Waals surface area (Å²) < 4.78 is 27.2.